The molecule has 0 aliphatic heterocycles. The van der Waals surface area contributed by atoms with Gasteiger partial charge in [-0.05, 0) is 75.9 Å². The predicted molar refractivity (Wildman–Crippen MR) is 147 cm³/mol. The highest BCUT2D eigenvalue weighted by Crippen LogP contribution is 2.37. The minimum Gasteiger partial charge on any atom is -0.497 e. The summed E-state index contributed by atoms with van der Waals surface area (Å²) in [5.74, 6) is 0.337. The fraction of sp³-hybridized carbons (Fsp3) is 0.407. The Morgan fingerprint density at radius 3 is 2.19 bits per heavy atom. The maximum absolute atomic E-state index is 13.7. The van der Waals surface area contributed by atoms with E-state index in [0.29, 0.717) is 18.6 Å². The van der Waals surface area contributed by atoms with Crippen LogP contribution in [0.25, 0.3) is 0 Å². The molecule has 2 aromatic carbocycles. The number of ether oxygens (including phenoxy) is 1. The Balaban J connectivity index is 2.03. The van der Waals surface area contributed by atoms with Crippen LogP contribution < -0.4 is 16.0 Å². The van der Waals surface area contributed by atoms with Gasteiger partial charge in [-0.1, -0.05) is 45.0 Å². The van der Waals surface area contributed by atoms with Gasteiger partial charge in [-0.2, -0.15) is 0 Å². The average Bonchev–Trinajstić information content (AvgIpc) is 2.82. The molecule has 0 amide bonds. The SMILES string of the molecule is COc1ccc(Cn2cc(Br)c(=O)n(C(CCO[Si](C)(C)C(C)(C)C)c3ccc(F)cc3)c2=O)cc1. The molecule has 0 fully saturated rings. The predicted octanol–water partition coefficient (Wildman–Crippen LogP) is 5.97. The van der Waals surface area contributed by atoms with Crippen molar-refractivity contribution in [2.45, 2.75) is 57.9 Å². The molecule has 9 heteroatoms. The first kappa shape index (κ1) is 28.1. The molecule has 6 nitrogen and oxygen atoms in total. The molecule has 0 bridgehead atoms. The fourth-order valence-corrected chi connectivity index (χ4v) is 5.17. The Labute approximate surface area is 221 Å². The van der Waals surface area contributed by atoms with E-state index in [1.165, 1.54) is 27.5 Å². The zero-order chi connectivity index (χ0) is 26.7. The van der Waals surface area contributed by atoms with Crippen LogP contribution >= 0.6 is 15.9 Å². The third-order valence-electron chi connectivity index (χ3n) is 6.88. The van der Waals surface area contributed by atoms with Crippen LogP contribution in [0.4, 0.5) is 4.39 Å². The van der Waals surface area contributed by atoms with Gasteiger partial charge in [0.25, 0.3) is 5.56 Å². The highest BCUT2D eigenvalue weighted by molar-refractivity contribution is 9.10. The van der Waals surface area contributed by atoms with Gasteiger partial charge in [-0.3, -0.25) is 13.9 Å². The van der Waals surface area contributed by atoms with Gasteiger partial charge in [-0.15, -0.1) is 0 Å². The normalized spacial score (nSPS) is 13.0. The molecule has 36 heavy (non-hydrogen) atoms. The summed E-state index contributed by atoms with van der Waals surface area (Å²) in [4.78, 5) is 26.9. The first-order valence-electron chi connectivity index (χ1n) is 11.9. The van der Waals surface area contributed by atoms with E-state index in [1.807, 2.05) is 24.3 Å². The summed E-state index contributed by atoms with van der Waals surface area (Å²) in [7, 11) is -0.447. The van der Waals surface area contributed by atoms with Crippen LogP contribution in [-0.4, -0.2) is 31.2 Å². The average molecular weight is 578 g/mol. The van der Waals surface area contributed by atoms with Crippen LogP contribution in [0.3, 0.4) is 0 Å². The fourth-order valence-electron chi connectivity index (χ4n) is 3.68. The molecular weight excluding hydrogens is 543 g/mol. The maximum Gasteiger partial charge on any atom is 0.331 e. The second-order valence-corrected chi connectivity index (χ2v) is 16.0. The highest BCUT2D eigenvalue weighted by Gasteiger charge is 2.37. The van der Waals surface area contributed by atoms with Crippen LogP contribution in [0, 0.1) is 5.82 Å². The second-order valence-electron chi connectivity index (χ2n) is 10.4. The molecule has 0 saturated heterocycles. The van der Waals surface area contributed by atoms with E-state index in [-0.39, 0.29) is 21.9 Å². The van der Waals surface area contributed by atoms with Gasteiger partial charge < -0.3 is 9.16 Å². The Kier molecular flexibility index (Phi) is 8.79. The number of rotatable bonds is 9. The van der Waals surface area contributed by atoms with Crippen molar-refractivity contribution < 1.29 is 13.6 Å². The Hall–Kier alpha value is -2.49. The molecule has 1 unspecified atom stereocenters. The summed E-state index contributed by atoms with van der Waals surface area (Å²) in [5, 5.41) is 0.0239. The van der Waals surface area contributed by atoms with Gasteiger partial charge in [0.2, 0.25) is 0 Å². The molecule has 3 rings (SSSR count). The zero-order valence-electron chi connectivity index (χ0n) is 21.7. The van der Waals surface area contributed by atoms with Gasteiger partial charge in [0.1, 0.15) is 11.6 Å². The number of aromatic nitrogens is 2. The summed E-state index contributed by atoms with van der Waals surface area (Å²) < 4.78 is 28.3. The van der Waals surface area contributed by atoms with E-state index >= 15 is 0 Å². The van der Waals surface area contributed by atoms with Crippen LogP contribution in [0.5, 0.6) is 5.75 Å². The van der Waals surface area contributed by atoms with Gasteiger partial charge in [0, 0.05) is 12.8 Å². The molecule has 0 aliphatic rings. The van der Waals surface area contributed by atoms with E-state index in [1.54, 1.807) is 19.2 Å². The molecular formula is C27H34BrFN2O4Si. The lowest BCUT2D eigenvalue weighted by atomic mass is 10.0. The molecule has 194 valence electrons. The highest BCUT2D eigenvalue weighted by atomic mass is 79.9. The van der Waals surface area contributed by atoms with Crippen LogP contribution in [0.15, 0.2) is 68.8 Å². The minimum atomic E-state index is -2.04. The molecule has 1 aromatic heterocycles. The molecule has 0 saturated carbocycles. The number of halogens is 2. The van der Waals surface area contributed by atoms with Crippen LogP contribution in [-0.2, 0) is 11.0 Å². The van der Waals surface area contributed by atoms with Crippen molar-refractivity contribution >= 4 is 24.2 Å². The summed E-state index contributed by atoms with van der Waals surface area (Å²) in [6.45, 7) is 11.4. The third-order valence-corrected chi connectivity index (χ3v) is 12.0. The van der Waals surface area contributed by atoms with Crippen molar-refractivity contribution in [2.75, 3.05) is 13.7 Å². The molecule has 3 aromatic rings. The third kappa shape index (κ3) is 6.43. The number of hydrogen-bond donors (Lipinski definition) is 0. The number of methoxy groups -OCH3 is 1. The molecule has 0 N–H and O–H groups in total. The lowest BCUT2D eigenvalue weighted by Crippen LogP contribution is -2.44. The van der Waals surface area contributed by atoms with E-state index in [0.717, 1.165) is 11.3 Å². The Bertz CT molecular complexity index is 1300. The summed E-state index contributed by atoms with van der Waals surface area (Å²) in [6, 6.07) is 12.7. The first-order valence-corrected chi connectivity index (χ1v) is 15.6. The van der Waals surface area contributed by atoms with E-state index in [9.17, 15) is 14.0 Å². The first-order chi connectivity index (χ1) is 16.8. The zero-order valence-corrected chi connectivity index (χ0v) is 24.3. The quantitative estimate of drug-likeness (QED) is 0.294. The molecule has 0 spiro atoms. The molecule has 1 heterocycles. The summed E-state index contributed by atoms with van der Waals surface area (Å²) in [5.41, 5.74) is 0.673. The summed E-state index contributed by atoms with van der Waals surface area (Å²) >= 11 is 3.35. The Morgan fingerprint density at radius 2 is 1.64 bits per heavy atom. The molecule has 1 atom stereocenters. The van der Waals surface area contributed by atoms with Crippen molar-refractivity contribution in [1.29, 1.82) is 0 Å². The van der Waals surface area contributed by atoms with Gasteiger partial charge in [0.05, 0.1) is 24.2 Å². The van der Waals surface area contributed by atoms with Crippen molar-refractivity contribution in [3.63, 3.8) is 0 Å². The minimum absolute atomic E-state index is 0.0239. The van der Waals surface area contributed by atoms with E-state index < -0.39 is 25.6 Å². The second kappa shape index (κ2) is 11.3. The monoisotopic (exact) mass is 576 g/mol. The van der Waals surface area contributed by atoms with Gasteiger partial charge in [0.15, 0.2) is 8.32 Å². The number of nitrogens with zero attached hydrogens (tertiary/aromatic N) is 2. The van der Waals surface area contributed by atoms with Crippen molar-refractivity contribution in [2.24, 2.45) is 0 Å². The Morgan fingerprint density at radius 1 is 1.03 bits per heavy atom. The standard InChI is InChI=1S/C27H34BrFN2O4Si/c1-27(2,3)36(5,6)35-16-15-24(20-9-11-21(29)12-10-20)31-25(32)23(28)18-30(26(31)33)17-19-7-13-22(34-4)14-8-19/h7-14,18,24H,15-17H2,1-6H3. The van der Waals surface area contributed by atoms with Crippen molar-refractivity contribution in [3.05, 3.63) is 97.0 Å². The molecule has 0 aliphatic carbocycles. The molecule has 0 radical (unpaired) electrons. The lowest BCUT2D eigenvalue weighted by molar-refractivity contribution is 0.261. The van der Waals surface area contributed by atoms with Crippen LogP contribution in [0.2, 0.25) is 18.1 Å². The van der Waals surface area contributed by atoms with Gasteiger partial charge in [-0.25, -0.2) is 9.18 Å². The maximum atomic E-state index is 13.7. The topological polar surface area (TPSA) is 62.5 Å². The van der Waals surface area contributed by atoms with Crippen LogP contribution in [0.1, 0.15) is 44.4 Å². The van der Waals surface area contributed by atoms with E-state index in [2.05, 4.69) is 49.8 Å². The lowest BCUT2D eigenvalue weighted by Gasteiger charge is -2.36. The van der Waals surface area contributed by atoms with E-state index in [4.69, 9.17) is 9.16 Å². The number of hydrogen-bond acceptors (Lipinski definition) is 4. The van der Waals surface area contributed by atoms with Crippen molar-refractivity contribution in [1.82, 2.24) is 9.13 Å². The smallest absolute Gasteiger partial charge is 0.331 e. The largest absolute Gasteiger partial charge is 0.497 e. The van der Waals surface area contributed by atoms with Gasteiger partial charge >= 0.3 is 5.69 Å². The number of benzene rings is 2. The summed E-state index contributed by atoms with van der Waals surface area (Å²) in [6.07, 6.45) is 1.91. The van der Waals surface area contributed by atoms with Crippen molar-refractivity contribution in [3.8, 4) is 5.75 Å².